The van der Waals surface area contributed by atoms with Gasteiger partial charge in [0.2, 0.25) is 0 Å². The molecule has 1 heterocycles. The number of nitrogens with zero attached hydrogens (tertiary/aromatic N) is 1. The first-order chi connectivity index (χ1) is 7.86. The lowest BCUT2D eigenvalue weighted by Gasteiger charge is -2.20. The highest BCUT2D eigenvalue weighted by atomic mass is 32.1. The molecule has 0 saturated carbocycles. The van der Waals surface area contributed by atoms with Crippen LogP contribution in [0.15, 0.2) is 6.07 Å². The maximum Gasteiger partial charge on any atom is 0.131 e. The summed E-state index contributed by atoms with van der Waals surface area (Å²) in [6, 6.07) is 1.82. The van der Waals surface area contributed by atoms with Gasteiger partial charge in [-0.05, 0) is 6.42 Å². The fourth-order valence-corrected chi connectivity index (χ4v) is 1.60. The Kier molecular flexibility index (Phi) is 4.65. The number of aromatic amines is 1. The summed E-state index contributed by atoms with van der Waals surface area (Å²) in [6.07, 6.45) is 0.851. The van der Waals surface area contributed by atoms with Gasteiger partial charge in [-0.1, -0.05) is 39.9 Å². The molecule has 3 N–H and O–H groups in total. The number of H-pyrrole nitrogens is 1. The van der Waals surface area contributed by atoms with Gasteiger partial charge in [0.05, 0.1) is 12.6 Å². The average molecular weight is 255 g/mol. The van der Waals surface area contributed by atoms with Gasteiger partial charge in [-0.25, -0.2) is 4.98 Å². The van der Waals surface area contributed by atoms with Crippen molar-refractivity contribution in [1.29, 1.82) is 0 Å². The van der Waals surface area contributed by atoms with Crippen LogP contribution in [-0.2, 0) is 5.41 Å². The summed E-state index contributed by atoms with van der Waals surface area (Å²) in [6.45, 7) is 8.35. The van der Waals surface area contributed by atoms with Crippen LogP contribution < -0.4 is 5.32 Å². The molecular formula is C12H21N3OS. The standard InChI is InChI=1S/C12H21N3OS/c1-5-8(7-16)13-9-6-10(17)15-11(14-9)12(2,3)4/h6,8,16H,5,7H2,1-4H3,(H2,13,14,15,17). The van der Waals surface area contributed by atoms with E-state index >= 15 is 0 Å². The molecule has 4 nitrogen and oxygen atoms in total. The van der Waals surface area contributed by atoms with E-state index < -0.39 is 0 Å². The molecule has 0 spiro atoms. The zero-order chi connectivity index (χ0) is 13.1. The molecule has 96 valence electrons. The summed E-state index contributed by atoms with van der Waals surface area (Å²) in [7, 11) is 0. The van der Waals surface area contributed by atoms with E-state index in [1.165, 1.54) is 0 Å². The van der Waals surface area contributed by atoms with Crippen molar-refractivity contribution < 1.29 is 5.11 Å². The molecule has 1 atom stereocenters. The van der Waals surface area contributed by atoms with Crippen LogP contribution in [0.2, 0.25) is 0 Å². The lowest BCUT2D eigenvalue weighted by molar-refractivity contribution is 0.271. The van der Waals surface area contributed by atoms with E-state index in [9.17, 15) is 0 Å². The molecule has 0 aliphatic rings. The zero-order valence-electron chi connectivity index (χ0n) is 10.9. The molecule has 0 radical (unpaired) electrons. The van der Waals surface area contributed by atoms with Gasteiger partial charge in [0.1, 0.15) is 16.3 Å². The Morgan fingerprint density at radius 2 is 2.18 bits per heavy atom. The van der Waals surface area contributed by atoms with Crippen molar-refractivity contribution in [3.05, 3.63) is 16.5 Å². The molecule has 0 amide bonds. The second-order valence-electron chi connectivity index (χ2n) is 5.16. The topological polar surface area (TPSA) is 60.9 Å². The Balaban J connectivity index is 3.02. The van der Waals surface area contributed by atoms with Gasteiger partial charge in [-0.3, -0.25) is 0 Å². The Morgan fingerprint density at radius 1 is 1.53 bits per heavy atom. The minimum atomic E-state index is -0.0772. The maximum absolute atomic E-state index is 9.17. The quantitative estimate of drug-likeness (QED) is 0.724. The largest absolute Gasteiger partial charge is 0.394 e. The van der Waals surface area contributed by atoms with Crippen molar-refractivity contribution >= 4 is 18.0 Å². The molecule has 0 fully saturated rings. The predicted molar refractivity (Wildman–Crippen MR) is 72.9 cm³/mol. The summed E-state index contributed by atoms with van der Waals surface area (Å²) in [5.74, 6) is 1.66. The van der Waals surface area contributed by atoms with Crippen LogP contribution in [0.1, 0.15) is 39.9 Å². The number of aliphatic hydroxyl groups excluding tert-OH is 1. The Bertz CT molecular complexity index is 418. The third kappa shape index (κ3) is 4.09. The number of hydrogen-bond acceptors (Lipinski definition) is 4. The summed E-state index contributed by atoms with van der Waals surface area (Å²) in [5, 5.41) is 12.4. The predicted octanol–water partition coefficient (Wildman–Crippen LogP) is 2.62. The van der Waals surface area contributed by atoms with Gasteiger partial charge in [0, 0.05) is 11.5 Å². The molecule has 0 saturated heterocycles. The highest BCUT2D eigenvalue weighted by molar-refractivity contribution is 7.71. The smallest absolute Gasteiger partial charge is 0.131 e. The van der Waals surface area contributed by atoms with Crippen LogP contribution in [0, 0.1) is 4.64 Å². The van der Waals surface area contributed by atoms with Crippen molar-refractivity contribution in [3.8, 4) is 0 Å². The van der Waals surface area contributed by atoms with Crippen molar-refractivity contribution in [2.75, 3.05) is 11.9 Å². The Labute approximate surface area is 107 Å². The zero-order valence-corrected chi connectivity index (χ0v) is 11.7. The van der Waals surface area contributed by atoms with Crippen LogP contribution in [0.4, 0.5) is 5.82 Å². The number of anilines is 1. The van der Waals surface area contributed by atoms with E-state index in [4.69, 9.17) is 17.3 Å². The van der Waals surface area contributed by atoms with E-state index in [2.05, 4.69) is 36.1 Å². The molecule has 0 bridgehead atoms. The fraction of sp³-hybridized carbons (Fsp3) is 0.667. The van der Waals surface area contributed by atoms with E-state index in [1.54, 1.807) is 6.07 Å². The van der Waals surface area contributed by atoms with E-state index in [-0.39, 0.29) is 18.1 Å². The number of hydrogen-bond donors (Lipinski definition) is 3. The molecule has 0 aliphatic heterocycles. The molecule has 0 aliphatic carbocycles. The number of aliphatic hydroxyl groups is 1. The molecule has 1 aromatic rings. The second-order valence-corrected chi connectivity index (χ2v) is 5.58. The number of nitrogens with one attached hydrogen (secondary N) is 2. The highest BCUT2D eigenvalue weighted by Gasteiger charge is 2.17. The molecule has 1 rings (SSSR count). The summed E-state index contributed by atoms with van der Waals surface area (Å²) >= 11 is 5.15. The third-order valence-corrected chi connectivity index (χ3v) is 2.74. The van der Waals surface area contributed by atoms with Gasteiger partial charge in [0.25, 0.3) is 0 Å². The van der Waals surface area contributed by atoms with Gasteiger partial charge in [-0.15, -0.1) is 0 Å². The average Bonchev–Trinajstić information content (AvgIpc) is 2.24. The first kappa shape index (κ1) is 14.1. The van der Waals surface area contributed by atoms with Crippen molar-refractivity contribution in [1.82, 2.24) is 9.97 Å². The van der Waals surface area contributed by atoms with E-state index in [1.807, 2.05) is 6.92 Å². The minimum absolute atomic E-state index is 0.0378. The van der Waals surface area contributed by atoms with Crippen LogP contribution in [-0.4, -0.2) is 27.7 Å². The molecule has 0 aromatic carbocycles. The first-order valence-electron chi connectivity index (χ1n) is 5.86. The SMILES string of the molecule is CCC(CO)Nc1cc(=S)nc(C(C)(C)C)[nH]1. The molecule has 1 aromatic heterocycles. The summed E-state index contributed by atoms with van der Waals surface area (Å²) in [4.78, 5) is 7.55. The van der Waals surface area contributed by atoms with Gasteiger partial charge >= 0.3 is 0 Å². The molecule has 1 unspecified atom stereocenters. The van der Waals surface area contributed by atoms with Crippen molar-refractivity contribution in [3.63, 3.8) is 0 Å². The van der Waals surface area contributed by atoms with Crippen LogP contribution in [0.25, 0.3) is 0 Å². The van der Waals surface area contributed by atoms with Gasteiger partial charge < -0.3 is 15.4 Å². The van der Waals surface area contributed by atoms with Crippen LogP contribution in [0.3, 0.4) is 0 Å². The van der Waals surface area contributed by atoms with Crippen LogP contribution >= 0.6 is 12.2 Å². The van der Waals surface area contributed by atoms with Gasteiger partial charge in [0.15, 0.2) is 0 Å². The third-order valence-electron chi connectivity index (χ3n) is 2.53. The van der Waals surface area contributed by atoms with Gasteiger partial charge in [-0.2, -0.15) is 0 Å². The monoisotopic (exact) mass is 255 g/mol. The molecule has 17 heavy (non-hydrogen) atoms. The van der Waals surface area contributed by atoms with E-state index in [0.717, 1.165) is 18.1 Å². The highest BCUT2D eigenvalue weighted by Crippen LogP contribution is 2.19. The molecular weight excluding hydrogens is 234 g/mol. The maximum atomic E-state index is 9.17. The fourth-order valence-electron chi connectivity index (χ4n) is 1.39. The van der Waals surface area contributed by atoms with Crippen LogP contribution in [0.5, 0.6) is 0 Å². The lowest BCUT2D eigenvalue weighted by Crippen LogP contribution is -2.24. The second kappa shape index (κ2) is 5.60. The minimum Gasteiger partial charge on any atom is -0.394 e. The Morgan fingerprint density at radius 3 is 2.65 bits per heavy atom. The number of rotatable bonds is 4. The summed E-state index contributed by atoms with van der Waals surface area (Å²) < 4.78 is 0.559. The first-order valence-corrected chi connectivity index (χ1v) is 6.27. The normalized spacial score (nSPS) is 13.5. The van der Waals surface area contributed by atoms with E-state index in [0.29, 0.717) is 4.64 Å². The van der Waals surface area contributed by atoms with Crippen molar-refractivity contribution in [2.45, 2.75) is 45.6 Å². The summed E-state index contributed by atoms with van der Waals surface area (Å²) in [5.41, 5.74) is -0.0772. The van der Waals surface area contributed by atoms with Crippen molar-refractivity contribution in [2.24, 2.45) is 0 Å². The molecule has 5 heteroatoms. The number of aromatic nitrogens is 2. The Hall–Kier alpha value is -0.940. The lowest BCUT2D eigenvalue weighted by atomic mass is 9.96.